The van der Waals surface area contributed by atoms with Gasteiger partial charge in [0, 0.05) is 54.3 Å². The first kappa shape index (κ1) is 32.9. The molecule has 2 aromatic rings. The first-order valence-electron chi connectivity index (χ1n) is 12.4. The molecule has 0 radical (unpaired) electrons. The summed E-state index contributed by atoms with van der Waals surface area (Å²) in [5, 5.41) is 6.81. The van der Waals surface area contributed by atoms with Crippen molar-refractivity contribution < 1.29 is 33.4 Å². The lowest BCUT2D eigenvalue weighted by Crippen LogP contribution is -2.43. The summed E-state index contributed by atoms with van der Waals surface area (Å²) in [7, 11) is 4.08. The summed E-state index contributed by atoms with van der Waals surface area (Å²) in [6, 6.07) is 12.7. The van der Waals surface area contributed by atoms with E-state index in [1.54, 1.807) is 31.3 Å². The first-order chi connectivity index (χ1) is 19.2. The van der Waals surface area contributed by atoms with E-state index in [1.165, 1.54) is 19.1 Å². The van der Waals surface area contributed by atoms with Gasteiger partial charge in [-0.3, -0.25) is 9.69 Å². The Morgan fingerprint density at radius 1 is 0.875 bits per heavy atom. The predicted octanol–water partition coefficient (Wildman–Crippen LogP) is 4.67. The van der Waals surface area contributed by atoms with Crippen LogP contribution in [0.15, 0.2) is 48.5 Å². The minimum Gasteiger partial charge on any atom is -0.469 e. The van der Waals surface area contributed by atoms with Crippen molar-refractivity contribution in [3.8, 4) is 0 Å². The second-order valence-electron chi connectivity index (χ2n) is 8.48. The average molecular weight is 686 g/mol. The van der Waals surface area contributed by atoms with Gasteiger partial charge < -0.3 is 29.7 Å². The van der Waals surface area contributed by atoms with Crippen molar-refractivity contribution in [2.45, 2.75) is 25.5 Å². The highest BCUT2D eigenvalue weighted by Crippen LogP contribution is 2.21. The van der Waals surface area contributed by atoms with E-state index in [0.717, 1.165) is 29.4 Å². The monoisotopic (exact) mass is 684 g/mol. The Hall–Kier alpha value is -3.32. The van der Waals surface area contributed by atoms with Crippen molar-refractivity contribution in [3.63, 3.8) is 0 Å². The zero-order valence-electron chi connectivity index (χ0n) is 22.7. The normalized spacial score (nSPS) is 11.1. The maximum atomic E-state index is 12.6. The highest BCUT2D eigenvalue weighted by atomic mass is 79.9. The molecule has 40 heavy (non-hydrogen) atoms. The number of methoxy groups -OCH3 is 2. The van der Waals surface area contributed by atoms with E-state index in [4.69, 9.17) is 4.74 Å². The maximum Gasteiger partial charge on any atom is 0.414 e. The van der Waals surface area contributed by atoms with Crippen LogP contribution in [0.1, 0.15) is 18.4 Å². The van der Waals surface area contributed by atoms with E-state index in [9.17, 15) is 19.2 Å². The molecular weight excluding hydrogens is 652 g/mol. The molecule has 2 N–H and O–H groups in total. The fourth-order valence-corrected chi connectivity index (χ4v) is 4.43. The highest BCUT2D eigenvalue weighted by Gasteiger charge is 2.23. The molecule has 2 rings (SSSR count). The Morgan fingerprint density at radius 2 is 1.48 bits per heavy atom. The van der Waals surface area contributed by atoms with Gasteiger partial charge in [-0.2, -0.15) is 0 Å². The number of alkyl halides is 2. The molecule has 0 saturated heterocycles. The van der Waals surface area contributed by atoms with Gasteiger partial charge >= 0.3 is 24.1 Å². The van der Waals surface area contributed by atoms with Crippen LogP contribution in [0, 0.1) is 0 Å². The Kier molecular flexibility index (Phi) is 14.3. The van der Waals surface area contributed by atoms with Gasteiger partial charge in [-0.15, -0.1) is 0 Å². The number of nitrogens with one attached hydrogen (secondary N) is 2. The lowest BCUT2D eigenvalue weighted by atomic mass is 10.1. The molecule has 1 atom stereocenters. The molecule has 3 amide bonds. The minimum atomic E-state index is -1.02. The van der Waals surface area contributed by atoms with Crippen LogP contribution in [0.5, 0.6) is 0 Å². The maximum absolute atomic E-state index is 12.6. The second kappa shape index (κ2) is 17.4. The lowest BCUT2D eigenvalue weighted by Gasteiger charge is -2.24. The molecule has 0 aromatic heterocycles. The van der Waals surface area contributed by atoms with E-state index >= 15 is 0 Å². The summed E-state index contributed by atoms with van der Waals surface area (Å²) in [6.07, 6.45) is -0.534. The molecule has 0 fully saturated rings. The zero-order chi connectivity index (χ0) is 29.5. The van der Waals surface area contributed by atoms with Crippen LogP contribution in [0.3, 0.4) is 0 Å². The summed E-state index contributed by atoms with van der Waals surface area (Å²) >= 11 is 6.95. The third-order valence-corrected chi connectivity index (χ3v) is 6.52. The number of rotatable bonds is 14. The van der Waals surface area contributed by atoms with Crippen LogP contribution < -0.4 is 20.4 Å². The summed E-state index contributed by atoms with van der Waals surface area (Å²) < 4.78 is 14.7. The Morgan fingerprint density at radius 3 is 2.02 bits per heavy atom. The van der Waals surface area contributed by atoms with Gasteiger partial charge in [0.1, 0.15) is 12.6 Å². The number of ether oxygens (including phenoxy) is 3. The second-order valence-corrected chi connectivity index (χ2v) is 10.1. The summed E-state index contributed by atoms with van der Waals surface area (Å²) in [4.78, 5) is 51.9. The number of anilines is 3. The molecule has 0 spiro atoms. The van der Waals surface area contributed by atoms with Crippen LogP contribution in [0.4, 0.5) is 26.7 Å². The van der Waals surface area contributed by atoms with Crippen LogP contribution in [0.25, 0.3) is 0 Å². The highest BCUT2D eigenvalue weighted by molar-refractivity contribution is 9.09. The van der Waals surface area contributed by atoms with Crippen molar-refractivity contribution in [2.24, 2.45) is 0 Å². The van der Waals surface area contributed by atoms with Crippen molar-refractivity contribution >= 4 is 73.0 Å². The van der Waals surface area contributed by atoms with Crippen LogP contribution in [0.2, 0.25) is 0 Å². The SMILES string of the molecule is COC(=O)CCC(NC(=O)Nc1ccc(COC(=O)N(C)c2ccc(N(CCBr)CCBr)cc2)cc1)C(=O)OC. The average Bonchev–Trinajstić information content (AvgIpc) is 2.97. The number of benzene rings is 2. The molecule has 0 aliphatic carbocycles. The molecule has 1 unspecified atom stereocenters. The number of nitrogens with zero attached hydrogens (tertiary/aromatic N) is 2. The number of halogens is 2. The topological polar surface area (TPSA) is 127 Å². The largest absolute Gasteiger partial charge is 0.469 e. The van der Waals surface area contributed by atoms with Crippen LogP contribution in [-0.2, 0) is 30.4 Å². The fraction of sp³-hybridized carbons (Fsp3) is 0.407. The van der Waals surface area contributed by atoms with E-state index in [0.29, 0.717) is 16.9 Å². The Bertz CT molecular complexity index is 1110. The standard InChI is InChI=1S/C27H34Br2N4O7/c1-32(21-8-10-22(11-9-21)33(16-14-28)17-15-29)27(37)40-18-19-4-6-20(7-5-19)30-26(36)31-23(25(35)39-3)12-13-24(34)38-2/h4-11,23H,12-18H2,1-3H3,(H2,30,31,36). The molecule has 0 aliphatic rings. The summed E-state index contributed by atoms with van der Waals surface area (Å²) in [6.45, 7) is 1.77. The van der Waals surface area contributed by atoms with Crippen LogP contribution in [-0.4, -0.2) is 75.1 Å². The Labute approximate surface area is 250 Å². The predicted molar refractivity (Wildman–Crippen MR) is 160 cm³/mol. The molecule has 0 saturated carbocycles. The van der Waals surface area contributed by atoms with Gasteiger partial charge in [0.05, 0.1) is 14.2 Å². The number of carbonyl (C=O) groups is 4. The van der Waals surface area contributed by atoms with Gasteiger partial charge in [-0.25, -0.2) is 14.4 Å². The number of carbonyl (C=O) groups excluding carboxylic acids is 4. The number of hydrogen-bond donors (Lipinski definition) is 2. The summed E-state index contributed by atoms with van der Waals surface area (Å²) in [5.41, 5.74) is 2.94. The zero-order valence-corrected chi connectivity index (χ0v) is 25.8. The summed E-state index contributed by atoms with van der Waals surface area (Å²) in [5.74, 6) is -1.18. The van der Waals surface area contributed by atoms with Gasteiger partial charge in [-0.05, 0) is 48.4 Å². The molecule has 13 heteroatoms. The molecule has 0 aliphatic heterocycles. The van der Waals surface area contributed by atoms with E-state index < -0.39 is 30.1 Å². The van der Waals surface area contributed by atoms with E-state index in [-0.39, 0.29) is 19.4 Å². The number of urea groups is 1. The number of hydrogen-bond acceptors (Lipinski definition) is 8. The number of esters is 2. The quantitative estimate of drug-likeness (QED) is 0.167. The molecule has 0 heterocycles. The first-order valence-corrected chi connectivity index (χ1v) is 14.6. The molecule has 218 valence electrons. The number of amides is 3. The fourth-order valence-electron chi connectivity index (χ4n) is 3.57. The van der Waals surface area contributed by atoms with Crippen molar-refractivity contribution in [1.82, 2.24) is 5.32 Å². The van der Waals surface area contributed by atoms with Gasteiger partial charge in [0.2, 0.25) is 0 Å². The van der Waals surface area contributed by atoms with E-state index in [1.807, 2.05) is 24.3 Å². The third kappa shape index (κ3) is 10.7. The molecule has 0 bridgehead atoms. The minimum absolute atomic E-state index is 0.0302. The van der Waals surface area contributed by atoms with Crippen molar-refractivity contribution in [1.29, 1.82) is 0 Å². The van der Waals surface area contributed by atoms with Crippen molar-refractivity contribution in [2.75, 3.05) is 60.1 Å². The van der Waals surface area contributed by atoms with Gasteiger partial charge in [0.25, 0.3) is 0 Å². The van der Waals surface area contributed by atoms with Crippen molar-refractivity contribution in [3.05, 3.63) is 54.1 Å². The Balaban J connectivity index is 1.88. The smallest absolute Gasteiger partial charge is 0.414 e. The third-order valence-electron chi connectivity index (χ3n) is 5.81. The van der Waals surface area contributed by atoms with Crippen LogP contribution >= 0.6 is 31.9 Å². The molecule has 2 aromatic carbocycles. The van der Waals surface area contributed by atoms with Gasteiger partial charge in [0.15, 0.2) is 0 Å². The molecule has 11 nitrogen and oxygen atoms in total. The lowest BCUT2D eigenvalue weighted by molar-refractivity contribution is -0.144. The van der Waals surface area contributed by atoms with Gasteiger partial charge in [-0.1, -0.05) is 44.0 Å². The molecular formula is C27H34Br2N4O7. The van der Waals surface area contributed by atoms with E-state index in [2.05, 4.69) is 56.9 Å².